The summed E-state index contributed by atoms with van der Waals surface area (Å²) in [6.07, 6.45) is -3.05. The lowest BCUT2D eigenvalue weighted by atomic mass is 10.0. The summed E-state index contributed by atoms with van der Waals surface area (Å²) in [4.78, 5) is 14.9. The molecule has 0 saturated carbocycles. The maximum Gasteiger partial charge on any atom is 0.433 e. The monoisotopic (exact) mass is 478 g/mol. The highest BCUT2D eigenvalue weighted by Gasteiger charge is 2.34. The predicted molar refractivity (Wildman–Crippen MR) is 95.3 cm³/mol. The molecule has 0 saturated heterocycles. The van der Waals surface area contributed by atoms with Crippen molar-refractivity contribution in [1.29, 1.82) is 0 Å². The van der Waals surface area contributed by atoms with E-state index < -0.39 is 29.3 Å². The molecule has 136 valence electrons. The SMILES string of the molecule is NC(=O)c1nc(C(F)(F)F)ccc1-c1cc2cn(CCI)nc2cc1F. The number of nitrogens with two attached hydrogens (primary N) is 1. The molecule has 0 radical (unpaired) electrons. The summed E-state index contributed by atoms with van der Waals surface area (Å²) in [6, 6.07) is 4.26. The number of halogens is 5. The minimum atomic E-state index is -4.74. The normalized spacial score (nSPS) is 11.9. The molecule has 2 heterocycles. The number of benzene rings is 1. The van der Waals surface area contributed by atoms with Gasteiger partial charge in [-0.15, -0.1) is 0 Å². The van der Waals surface area contributed by atoms with Crippen molar-refractivity contribution in [3.8, 4) is 11.1 Å². The third-order valence-electron chi connectivity index (χ3n) is 3.66. The van der Waals surface area contributed by atoms with E-state index in [1.807, 2.05) is 0 Å². The first kappa shape index (κ1) is 18.5. The molecule has 1 amide bonds. The number of amides is 1. The summed E-state index contributed by atoms with van der Waals surface area (Å²) in [5, 5.41) is 4.80. The summed E-state index contributed by atoms with van der Waals surface area (Å²) < 4.78 is 55.4. The molecule has 26 heavy (non-hydrogen) atoms. The first-order valence-electron chi connectivity index (χ1n) is 7.32. The van der Waals surface area contributed by atoms with Gasteiger partial charge >= 0.3 is 6.18 Å². The Balaban J connectivity index is 2.19. The highest BCUT2D eigenvalue weighted by Crippen LogP contribution is 2.33. The highest BCUT2D eigenvalue weighted by atomic mass is 127. The average molecular weight is 478 g/mol. The van der Waals surface area contributed by atoms with Gasteiger partial charge in [0, 0.05) is 39.7 Å². The Labute approximate surface area is 158 Å². The molecule has 0 unspecified atom stereocenters. The predicted octanol–water partition coefficient (Wildman–Crippen LogP) is 3.79. The minimum absolute atomic E-state index is 0.0680. The van der Waals surface area contributed by atoms with Crippen molar-refractivity contribution in [1.82, 2.24) is 14.8 Å². The van der Waals surface area contributed by atoms with Gasteiger partial charge in [0.25, 0.3) is 5.91 Å². The molecule has 0 spiro atoms. The lowest BCUT2D eigenvalue weighted by molar-refractivity contribution is -0.141. The van der Waals surface area contributed by atoms with E-state index in [-0.39, 0.29) is 11.1 Å². The fraction of sp³-hybridized carbons (Fsp3) is 0.188. The third kappa shape index (κ3) is 3.50. The van der Waals surface area contributed by atoms with Crippen LogP contribution >= 0.6 is 22.6 Å². The Hall–Kier alpha value is -2.24. The van der Waals surface area contributed by atoms with Gasteiger partial charge in [0.05, 0.1) is 5.52 Å². The second-order valence-corrected chi connectivity index (χ2v) is 6.51. The first-order valence-corrected chi connectivity index (χ1v) is 8.84. The Morgan fingerprint density at radius 2 is 1.96 bits per heavy atom. The Morgan fingerprint density at radius 3 is 2.58 bits per heavy atom. The van der Waals surface area contributed by atoms with Crippen LogP contribution in [0.5, 0.6) is 0 Å². The smallest absolute Gasteiger partial charge is 0.364 e. The molecule has 3 rings (SSSR count). The maximum absolute atomic E-state index is 14.5. The van der Waals surface area contributed by atoms with Gasteiger partial charge in [0.1, 0.15) is 17.2 Å². The summed E-state index contributed by atoms with van der Waals surface area (Å²) in [6.45, 7) is 0.626. The molecule has 2 aromatic heterocycles. The first-order chi connectivity index (χ1) is 12.2. The zero-order chi connectivity index (χ0) is 19.1. The molecule has 0 aliphatic carbocycles. The van der Waals surface area contributed by atoms with Gasteiger partial charge in [-0.3, -0.25) is 9.48 Å². The summed E-state index contributed by atoms with van der Waals surface area (Å²) in [7, 11) is 0. The number of hydrogen-bond acceptors (Lipinski definition) is 3. The molecule has 1 aromatic carbocycles. The quantitative estimate of drug-likeness (QED) is 0.353. The van der Waals surface area contributed by atoms with Crippen molar-refractivity contribution >= 4 is 39.4 Å². The maximum atomic E-state index is 14.5. The number of alkyl halides is 4. The van der Waals surface area contributed by atoms with Crippen LogP contribution in [0.2, 0.25) is 0 Å². The van der Waals surface area contributed by atoms with Crippen LogP contribution in [0.1, 0.15) is 16.2 Å². The molecular formula is C16H11F4IN4O. The molecule has 0 aliphatic heterocycles. The summed E-state index contributed by atoms with van der Waals surface area (Å²) in [5.41, 5.74) is 3.48. The molecule has 0 fully saturated rings. The van der Waals surface area contributed by atoms with Crippen LogP contribution in [0.3, 0.4) is 0 Å². The number of fused-ring (bicyclic) bond motifs is 1. The van der Waals surface area contributed by atoms with Gasteiger partial charge in [0.15, 0.2) is 0 Å². The van der Waals surface area contributed by atoms with Crippen molar-refractivity contribution in [3.63, 3.8) is 0 Å². The van der Waals surface area contributed by atoms with Gasteiger partial charge in [-0.1, -0.05) is 22.6 Å². The van der Waals surface area contributed by atoms with Crippen molar-refractivity contribution in [2.45, 2.75) is 12.7 Å². The van der Waals surface area contributed by atoms with Crippen LogP contribution in [-0.4, -0.2) is 25.1 Å². The number of carbonyl (C=O) groups excluding carboxylic acids is 1. The molecule has 3 aromatic rings. The molecule has 10 heteroatoms. The minimum Gasteiger partial charge on any atom is -0.364 e. The number of carbonyl (C=O) groups is 1. The average Bonchev–Trinajstić information content (AvgIpc) is 2.94. The molecular weight excluding hydrogens is 467 g/mol. The molecule has 0 bridgehead atoms. The fourth-order valence-electron chi connectivity index (χ4n) is 2.53. The number of hydrogen-bond donors (Lipinski definition) is 1. The number of aromatic nitrogens is 3. The zero-order valence-electron chi connectivity index (χ0n) is 13.0. The van der Waals surface area contributed by atoms with Crippen molar-refractivity contribution in [2.75, 3.05) is 4.43 Å². The van der Waals surface area contributed by atoms with Crippen LogP contribution in [0.4, 0.5) is 17.6 Å². The van der Waals surface area contributed by atoms with E-state index in [9.17, 15) is 22.4 Å². The third-order valence-corrected chi connectivity index (χ3v) is 4.15. The van der Waals surface area contributed by atoms with Crippen molar-refractivity contribution in [3.05, 3.63) is 47.7 Å². The molecule has 0 aliphatic rings. The lowest BCUT2D eigenvalue weighted by Gasteiger charge is -2.11. The second-order valence-electron chi connectivity index (χ2n) is 5.43. The topological polar surface area (TPSA) is 73.8 Å². The van der Waals surface area contributed by atoms with Gasteiger partial charge in [0.2, 0.25) is 0 Å². The fourth-order valence-corrected chi connectivity index (χ4v) is 3.02. The van der Waals surface area contributed by atoms with Crippen LogP contribution in [0.15, 0.2) is 30.5 Å². The molecule has 5 nitrogen and oxygen atoms in total. The van der Waals surface area contributed by atoms with Gasteiger partial charge < -0.3 is 5.73 Å². The largest absolute Gasteiger partial charge is 0.433 e. The van der Waals surface area contributed by atoms with E-state index >= 15 is 0 Å². The summed E-state index contributed by atoms with van der Waals surface area (Å²) >= 11 is 2.17. The Bertz CT molecular complexity index is 1000. The second kappa shape index (κ2) is 6.82. The number of nitrogens with zero attached hydrogens (tertiary/aromatic N) is 3. The van der Waals surface area contributed by atoms with Crippen LogP contribution in [0.25, 0.3) is 22.0 Å². The van der Waals surface area contributed by atoms with Crippen LogP contribution in [-0.2, 0) is 12.7 Å². The number of pyridine rings is 1. The van der Waals surface area contributed by atoms with Crippen LogP contribution < -0.4 is 5.73 Å². The molecule has 2 N–H and O–H groups in total. The summed E-state index contributed by atoms with van der Waals surface area (Å²) in [5.74, 6) is -1.91. The standard InChI is InChI=1S/C16H11F4IN4O/c17-11-6-12-8(7-25(24-12)4-3-21)5-10(11)9-1-2-13(16(18,19)20)23-14(9)15(22)26/h1-2,5-7H,3-4H2,(H2,22,26). The number of aryl methyl sites for hydroxylation is 1. The van der Waals surface area contributed by atoms with Gasteiger partial charge in [-0.05, 0) is 18.2 Å². The Kier molecular flexibility index (Phi) is 4.86. The van der Waals surface area contributed by atoms with E-state index in [0.717, 1.165) is 16.6 Å². The van der Waals surface area contributed by atoms with E-state index in [0.29, 0.717) is 23.5 Å². The van der Waals surface area contributed by atoms with E-state index in [2.05, 4.69) is 32.7 Å². The van der Waals surface area contributed by atoms with Gasteiger partial charge in [-0.25, -0.2) is 9.37 Å². The van der Waals surface area contributed by atoms with E-state index in [4.69, 9.17) is 5.73 Å². The number of rotatable bonds is 4. The van der Waals surface area contributed by atoms with E-state index in [1.54, 1.807) is 10.9 Å². The van der Waals surface area contributed by atoms with Crippen molar-refractivity contribution < 1.29 is 22.4 Å². The molecule has 0 atom stereocenters. The van der Waals surface area contributed by atoms with Crippen molar-refractivity contribution in [2.24, 2.45) is 5.73 Å². The van der Waals surface area contributed by atoms with Gasteiger partial charge in [-0.2, -0.15) is 18.3 Å². The number of primary amides is 1. The zero-order valence-corrected chi connectivity index (χ0v) is 15.2. The Morgan fingerprint density at radius 1 is 1.23 bits per heavy atom. The lowest BCUT2D eigenvalue weighted by Crippen LogP contribution is -2.18. The van der Waals surface area contributed by atoms with Crippen LogP contribution in [0, 0.1) is 5.82 Å². The highest BCUT2D eigenvalue weighted by molar-refractivity contribution is 14.1. The van der Waals surface area contributed by atoms with E-state index in [1.165, 1.54) is 6.07 Å².